The van der Waals surface area contributed by atoms with Gasteiger partial charge in [0.1, 0.15) is 5.75 Å². The lowest BCUT2D eigenvalue weighted by atomic mass is 9.81. The van der Waals surface area contributed by atoms with Crippen molar-refractivity contribution >= 4 is 0 Å². The van der Waals surface area contributed by atoms with E-state index < -0.39 is 0 Å². The summed E-state index contributed by atoms with van der Waals surface area (Å²) in [5.74, 6) is 2.59. The van der Waals surface area contributed by atoms with Crippen LogP contribution < -0.4 is 19.5 Å². The molecular weight excluding hydrogens is 338 g/mol. The van der Waals surface area contributed by atoms with Crippen LogP contribution in [0.1, 0.15) is 54.6 Å². The first kappa shape index (κ1) is 19.6. The molecule has 0 bridgehead atoms. The molecule has 146 valence electrons. The van der Waals surface area contributed by atoms with Crippen molar-refractivity contribution in [3.05, 3.63) is 52.1 Å². The van der Waals surface area contributed by atoms with Crippen molar-refractivity contribution in [1.29, 1.82) is 0 Å². The topological polar surface area (TPSA) is 39.7 Å². The lowest BCUT2D eigenvalue weighted by Crippen LogP contribution is -2.31. The Balaban J connectivity index is 2.17. The monoisotopic (exact) mass is 369 g/mol. The van der Waals surface area contributed by atoms with Gasteiger partial charge in [0, 0.05) is 12.1 Å². The van der Waals surface area contributed by atoms with Crippen LogP contribution in [0.2, 0.25) is 0 Å². The first-order chi connectivity index (χ1) is 12.8. The normalized spacial score (nSPS) is 16.6. The number of methoxy groups -OCH3 is 3. The molecule has 0 fully saturated rings. The third-order valence-corrected chi connectivity index (χ3v) is 5.43. The molecule has 2 aromatic carbocycles. The molecule has 27 heavy (non-hydrogen) atoms. The molecule has 1 aliphatic heterocycles. The minimum absolute atomic E-state index is 0.00287. The number of hydrogen-bond acceptors (Lipinski definition) is 4. The summed E-state index contributed by atoms with van der Waals surface area (Å²) in [5, 5.41) is 3.70. The molecule has 1 aliphatic rings. The van der Waals surface area contributed by atoms with Gasteiger partial charge in [0.15, 0.2) is 11.5 Å². The van der Waals surface area contributed by atoms with Crippen molar-refractivity contribution < 1.29 is 14.2 Å². The molecule has 0 amide bonds. The molecule has 1 unspecified atom stereocenters. The first-order valence-corrected chi connectivity index (χ1v) is 9.48. The van der Waals surface area contributed by atoms with Crippen LogP contribution in [0, 0.1) is 6.92 Å². The molecule has 2 aromatic rings. The average molecular weight is 370 g/mol. The number of hydrogen-bond donors (Lipinski definition) is 1. The minimum Gasteiger partial charge on any atom is -0.496 e. The van der Waals surface area contributed by atoms with Crippen LogP contribution in [-0.4, -0.2) is 27.9 Å². The maximum Gasteiger partial charge on any atom is 0.164 e. The largest absolute Gasteiger partial charge is 0.496 e. The summed E-state index contributed by atoms with van der Waals surface area (Å²) in [5.41, 5.74) is 6.22. The van der Waals surface area contributed by atoms with Crippen molar-refractivity contribution in [3.8, 4) is 17.2 Å². The van der Waals surface area contributed by atoms with Crippen LogP contribution >= 0.6 is 0 Å². The van der Waals surface area contributed by atoms with E-state index in [9.17, 15) is 0 Å². The summed E-state index contributed by atoms with van der Waals surface area (Å²) >= 11 is 0. The number of ether oxygens (including phenoxy) is 3. The molecular formula is C23H31NO3. The molecule has 1 atom stereocenters. The Hall–Kier alpha value is -2.20. The summed E-state index contributed by atoms with van der Waals surface area (Å²) in [6.45, 7) is 9.72. The Bertz CT molecular complexity index is 836. The Labute approximate surface area is 162 Å². The fourth-order valence-corrected chi connectivity index (χ4v) is 4.03. The number of rotatable bonds is 4. The number of fused-ring (bicyclic) bond motifs is 1. The number of aryl methyl sites for hydroxylation is 1. The smallest absolute Gasteiger partial charge is 0.164 e. The van der Waals surface area contributed by atoms with E-state index >= 15 is 0 Å². The van der Waals surface area contributed by atoms with Crippen molar-refractivity contribution in [2.45, 2.75) is 45.6 Å². The highest BCUT2D eigenvalue weighted by atomic mass is 16.5. The quantitative estimate of drug-likeness (QED) is 0.858. The molecule has 0 spiro atoms. The first-order valence-electron chi connectivity index (χ1n) is 9.48. The van der Waals surface area contributed by atoms with E-state index in [4.69, 9.17) is 14.2 Å². The van der Waals surface area contributed by atoms with Gasteiger partial charge in [-0.1, -0.05) is 26.8 Å². The maximum absolute atomic E-state index is 5.69. The molecule has 0 radical (unpaired) electrons. The van der Waals surface area contributed by atoms with E-state index in [1.165, 1.54) is 27.8 Å². The van der Waals surface area contributed by atoms with Gasteiger partial charge < -0.3 is 19.5 Å². The molecule has 4 heteroatoms. The Morgan fingerprint density at radius 3 is 2.22 bits per heavy atom. The van der Waals surface area contributed by atoms with Gasteiger partial charge in [-0.3, -0.25) is 0 Å². The lowest BCUT2D eigenvalue weighted by Gasteiger charge is -2.32. The van der Waals surface area contributed by atoms with Crippen LogP contribution in [0.3, 0.4) is 0 Å². The standard InChI is InChI=1S/C23H31NO3/c1-14-12-20(26-6)18(23(2,3)4)13-17(14)21-15-8-9-19(25-5)22(27-7)16(15)10-11-24-21/h8-9,12-13,21,24H,10-11H2,1-7H3. The van der Waals surface area contributed by atoms with E-state index in [0.717, 1.165) is 30.2 Å². The van der Waals surface area contributed by atoms with E-state index in [0.29, 0.717) is 0 Å². The summed E-state index contributed by atoms with van der Waals surface area (Å²) in [6.07, 6.45) is 0.924. The third kappa shape index (κ3) is 3.51. The van der Waals surface area contributed by atoms with Gasteiger partial charge in [0.05, 0.1) is 27.4 Å². The summed E-state index contributed by atoms with van der Waals surface area (Å²) in [4.78, 5) is 0. The zero-order valence-corrected chi connectivity index (χ0v) is 17.5. The molecule has 4 nitrogen and oxygen atoms in total. The molecule has 3 rings (SSSR count). The highest BCUT2D eigenvalue weighted by Crippen LogP contribution is 2.42. The maximum atomic E-state index is 5.69. The highest BCUT2D eigenvalue weighted by molar-refractivity contribution is 5.56. The van der Waals surface area contributed by atoms with Gasteiger partial charge in [0.25, 0.3) is 0 Å². The molecule has 0 aromatic heterocycles. The molecule has 0 aliphatic carbocycles. The zero-order valence-electron chi connectivity index (χ0n) is 17.5. The van der Waals surface area contributed by atoms with Crippen molar-refractivity contribution in [1.82, 2.24) is 5.32 Å². The fourth-order valence-electron chi connectivity index (χ4n) is 4.03. The second-order valence-electron chi connectivity index (χ2n) is 8.17. The minimum atomic E-state index is 0.00287. The van der Waals surface area contributed by atoms with Crippen molar-refractivity contribution in [3.63, 3.8) is 0 Å². The van der Waals surface area contributed by atoms with Crippen LogP contribution in [0.15, 0.2) is 24.3 Å². The number of benzene rings is 2. The Kier molecular flexibility index (Phi) is 5.38. The van der Waals surface area contributed by atoms with Crippen molar-refractivity contribution in [2.75, 3.05) is 27.9 Å². The van der Waals surface area contributed by atoms with Gasteiger partial charge in [-0.2, -0.15) is 0 Å². The molecule has 1 N–H and O–H groups in total. The van der Waals surface area contributed by atoms with Gasteiger partial charge in [-0.15, -0.1) is 0 Å². The Morgan fingerprint density at radius 1 is 0.926 bits per heavy atom. The van der Waals surface area contributed by atoms with Gasteiger partial charge >= 0.3 is 0 Å². The van der Waals surface area contributed by atoms with Gasteiger partial charge in [-0.25, -0.2) is 0 Å². The van der Waals surface area contributed by atoms with E-state index in [-0.39, 0.29) is 11.5 Å². The fraction of sp³-hybridized carbons (Fsp3) is 0.478. The molecule has 0 saturated heterocycles. The second-order valence-corrected chi connectivity index (χ2v) is 8.17. The summed E-state index contributed by atoms with van der Waals surface area (Å²) in [6, 6.07) is 8.75. The average Bonchev–Trinajstić information content (AvgIpc) is 2.65. The Morgan fingerprint density at radius 2 is 1.63 bits per heavy atom. The summed E-state index contributed by atoms with van der Waals surface area (Å²) in [7, 11) is 5.15. The molecule has 1 heterocycles. The summed E-state index contributed by atoms with van der Waals surface area (Å²) < 4.78 is 16.9. The van der Waals surface area contributed by atoms with Gasteiger partial charge in [0.2, 0.25) is 0 Å². The van der Waals surface area contributed by atoms with Crippen LogP contribution in [0.5, 0.6) is 17.2 Å². The predicted octanol–water partition coefficient (Wildman–Crippen LogP) is 4.55. The number of nitrogens with one attached hydrogen (secondary N) is 1. The lowest BCUT2D eigenvalue weighted by molar-refractivity contribution is 0.348. The van der Waals surface area contributed by atoms with E-state index in [1.807, 2.05) is 6.07 Å². The predicted molar refractivity (Wildman–Crippen MR) is 110 cm³/mol. The van der Waals surface area contributed by atoms with Crippen molar-refractivity contribution in [2.24, 2.45) is 0 Å². The van der Waals surface area contributed by atoms with Gasteiger partial charge in [-0.05, 0) is 59.2 Å². The van der Waals surface area contributed by atoms with Crippen LogP contribution in [0.4, 0.5) is 0 Å². The third-order valence-electron chi connectivity index (χ3n) is 5.43. The zero-order chi connectivity index (χ0) is 19.8. The van der Waals surface area contributed by atoms with E-state index in [2.05, 4.69) is 51.2 Å². The van der Waals surface area contributed by atoms with Crippen LogP contribution in [-0.2, 0) is 11.8 Å². The van der Waals surface area contributed by atoms with E-state index in [1.54, 1.807) is 21.3 Å². The highest BCUT2D eigenvalue weighted by Gasteiger charge is 2.29. The van der Waals surface area contributed by atoms with Crippen LogP contribution in [0.25, 0.3) is 0 Å². The molecule has 0 saturated carbocycles. The SMILES string of the molecule is COc1cc(C)c(C2NCCc3c2ccc(OC)c3OC)cc1C(C)(C)C. The second kappa shape index (κ2) is 7.43.